The maximum Gasteiger partial charge on any atom is 0.412 e. The number of hydrogen-bond donors (Lipinski definition) is 2. The second-order valence-corrected chi connectivity index (χ2v) is 5.54. The Labute approximate surface area is 117 Å². The Bertz CT molecular complexity index is 674. The van der Waals surface area contributed by atoms with E-state index in [9.17, 15) is 4.79 Å². The van der Waals surface area contributed by atoms with Crippen molar-refractivity contribution in [3.05, 3.63) is 30.0 Å². The molecule has 0 spiro atoms. The molecule has 0 atom stereocenters. The fraction of sp³-hybridized carbons (Fsp3) is 0.333. The first kappa shape index (κ1) is 13.9. The van der Waals surface area contributed by atoms with Crippen LogP contribution in [0.2, 0.25) is 0 Å². The van der Waals surface area contributed by atoms with Crippen molar-refractivity contribution in [2.24, 2.45) is 0 Å². The largest absolute Gasteiger partial charge is 0.444 e. The number of rotatable bonds is 2. The smallest absolute Gasteiger partial charge is 0.412 e. The molecule has 5 heteroatoms. The minimum Gasteiger partial charge on any atom is -0.444 e. The van der Waals surface area contributed by atoms with Crippen LogP contribution in [0.15, 0.2) is 24.4 Å². The average molecular weight is 271 g/mol. The van der Waals surface area contributed by atoms with E-state index in [-0.39, 0.29) is 0 Å². The van der Waals surface area contributed by atoms with Crippen molar-refractivity contribution in [3.8, 4) is 6.07 Å². The molecule has 1 amide bonds. The summed E-state index contributed by atoms with van der Waals surface area (Å²) in [6.45, 7) is 5.44. The lowest BCUT2D eigenvalue weighted by atomic mass is 10.1. The first-order valence-corrected chi connectivity index (χ1v) is 6.36. The van der Waals surface area contributed by atoms with E-state index in [2.05, 4.69) is 16.4 Å². The number of ether oxygens (including phenoxy) is 1. The molecule has 0 aliphatic carbocycles. The highest BCUT2D eigenvalue weighted by Crippen LogP contribution is 2.23. The topological polar surface area (TPSA) is 77.9 Å². The monoisotopic (exact) mass is 271 g/mol. The number of benzene rings is 1. The molecule has 0 saturated heterocycles. The minimum absolute atomic E-state index is 0.329. The molecule has 0 aliphatic heterocycles. The molecular formula is C15H17N3O2. The number of carbonyl (C=O) groups is 1. The zero-order chi connectivity index (χ0) is 14.8. The lowest BCUT2D eigenvalue weighted by molar-refractivity contribution is 0.0636. The molecule has 0 saturated carbocycles. The first-order chi connectivity index (χ1) is 9.39. The molecule has 0 fully saturated rings. The molecule has 2 rings (SSSR count). The zero-order valence-corrected chi connectivity index (χ0v) is 11.8. The second kappa shape index (κ2) is 5.25. The van der Waals surface area contributed by atoms with Gasteiger partial charge in [-0.1, -0.05) is 0 Å². The molecule has 5 nitrogen and oxygen atoms in total. The minimum atomic E-state index is -0.533. The summed E-state index contributed by atoms with van der Waals surface area (Å²) >= 11 is 0. The van der Waals surface area contributed by atoms with Crippen LogP contribution in [0.3, 0.4) is 0 Å². The third-order valence-corrected chi connectivity index (χ3v) is 2.68. The van der Waals surface area contributed by atoms with Gasteiger partial charge in [0.2, 0.25) is 0 Å². The third-order valence-electron chi connectivity index (χ3n) is 2.68. The van der Waals surface area contributed by atoms with Gasteiger partial charge >= 0.3 is 6.09 Å². The van der Waals surface area contributed by atoms with Gasteiger partial charge in [0.25, 0.3) is 0 Å². The summed E-state index contributed by atoms with van der Waals surface area (Å²) in [5.74, 6) is 0. The molecule has 20 heavy (non-hydrogen) atoms. The summed E-state index contributed by atoms with van der Waals surface area (Å²) in [5.41, 5.74) is 1.96. The summed E-state index contributed by atoms with van der Waals surface area (Å²) < 4.78 is 5.20. The standard InChI is InChI=1S/C15H17N3O2/c1-15(2,3)20-14(19)18-11-4-5-13-12(8-11)10(6-7-16)9-17-13/h4-5,8-9,17H,6H2,1-3H3,(H,18,19). The first-order valence-electron chi connectivity index (χ1n) is 6.36. The number of hydrogen-bond acceptors (Lipinski definition) is 3. The lowest BCUT2D eigenvalue weighted by Crippen LogP contribution is -2.27. The molecular weight excluding hydrogens is 254 g/mol. The van der Waals surface area contributed by atoms with Gasteiger partial charge in [0.1, 0.15) is 5.60 Å². The van der Waals surface area contributed by atoms with Crippen molar-refractivity contribution >= 4 is 22.7 Å². The maximum absolute atomic E-state index is 11.7. The van der Waals surface area contributed by atoms with Gasteiger partial charge in [0.15, 0.2) is 0 Å². The molecule has 0 radical (unpaired) electrons. The summed E-state index contributed by atoms with van der Waals surface area (Å²) in [5, 5.41) is 12.4. The van der Waals surface area contributed by atoms with Crippen LogP contribution in [0.4, 0.5) is 10.5 Å². The predicted molar refractivity (Wildman–Crippen MR) is 77.5 cm³/mol. The van der Waals surface area contributed by atoms with Crippen molar-refractivity contribution in [1.82, 2.24) is 4.98 Å². The number of fused-ring (bicyclic) bond motifs is 1. The number of amides is 1. The quantitative estimate of drug-likeness (QED) is 0.876. The number of anilines is 1. The van der Waals surface area contributed by atoms with Gasteiger partial charge in [-0.15, -0.1) is 0 Å². The van der Waals surface area contributed by atoms with E-state index in [0.29, 0.717) is 12.1 Å². The Kier molecular flexibility index (Phi) is 3.66. The Morgan fingerprint density at radius 1 is 1.45 bits per heavy atom. The molecule has 0 unspecified atom stereocenters. The summed E-state index contributed by atoms with van der Waals surface area (Å²) in [7, 11) is 0. The number of carbonyl (C=O) groups excluding carboxylic acids is 1. The predicted octanol–water partition coefficient (Wildman–Crippen LogP) is 3.58. The van der Waals surface area contributed by atoms with Gasteiger partial charge in [0.05, 0.1) is 12.5 Å². The van der Waals surface area contributed by atoms with E-state index < -0.39 is 11.7 Å². The number of aromatic nitrogens is 1. The molecule has 0 bridgehead atoms. The van der Waals surface area contributed by atoms with E-state index in [0.717, 1.165) is 16.5 Å². The normalized spacial score (nSPS) is 11.1. The van der Waals surface area contributed by atoms with Crippen LogP contribution in [-0.4, -0.2) is 16.7 Å². The van der Waals surface area contributed by atoms with Crippen molar-refractivity contribution in [1.29, 1.82) is 5.26 Å². The van der Waals surface area contributed by atoms with Crippen LogP contribution in [-0.2, 0) is 11.2 Å². The maximum atomic E-state index is 11.7. The molecule has 0 aliphatic rings. The highest BCUT2D eigenvalue weighted by molar-refractivity contribution is 5.91. The highest BCUT2D eigenvalue weighted by Gasteiger charge is 2.16. The van der Waals surface area contributed by atoms with Crippen molar-refractivity contribution in [2.75, 3.05) is 5.32 Å². The van der Waals surface area contributed by atoms with Gasteiger partial charge in [-0.25, -0.2) is 4.79 Å². The molecule has 1 aromatic carbocycles. The van der Waals surface area contributed by atoms with Gasteiger partial charge < -0.3 is 9.72 Å². The molecule has 104 valence electrons. The zero-order valence-electron chi connectivity index (χ0n) is 11.8. The van der Waals surface area contributed by atoms with Crippen LogP contribution in [0, 0.1) is 11.3 Å². The highest BCUT2D eigenvalue weighted by atomic mass is 16.6. The second-order valence-electron chi connectivity index (χ2n) is 5.54. The van der Waals surface area contributed by atoms with Crippen LogP contribution in [0.25, 0.3) is 10.9 Å². The van der Waals surface area contributed by atoms with Gasteiger partial charge in [-0.2, -0.15) is 5.26 Å². The van der Waals surface area contributed by atoms with E-state index in [1.54, 1.807) is 6.07 Å². The summed E-state index contributed by atoms with van der Waals surface area (Å²) in [4.78, 5) is 14.8. The Morgan fingerprint density at radius 2 is 2.20 bits per heavy atom. The Morgan fingerprint density at radius 3 is 2.85 bits per heavy atom. The van der Waals surface area contributed by atoms with E-state index in [1.807, 2.05) is 39.1 Å². The number of nitriles is 1. The molecule has 1 aromatic heterocycles. The Hall–Kier alpha value is -2.48. The van der Waals surface area contributed by atoms with Crippen LogP contribution in [0.1, 0.15) is 26.3 Å². The summed E-state index contributed by atoms with van der Waals surface area (Å²) in [6, 6.07) is 7.61. The molecule has 1 heterocycles. The van der Waals surface area contributed by atoms with Gasteiger partial charge in [0, 0.05) is 22.8 Å². The number of H-pyrrole nitrogens is 1. The number of nitrogens with zero attached hydrogens (tertiary/aromatic N) is 1. The van der Waals surface area contributed by atoms with E-state index >= 15 is 0 Å². The van der Waals surface area contributed by atoms with Crippen LogP contribution in [0.5, 0.6) is 0 Å². The van der Waals surface area contributed by atoms with Crippen molar-refractivity contribution in [2.45, 2.75) is 32.8 Å². The van der Waals surface area contributed by atoms with Crippen molar-refractivity contribution < 1.29 is 9.53 Å². The lowest BCUT2D eigenvalue weighted by Gasteiger charge is -2.19. The SMILES string of the molecule is CC(C)(C)OC(=O)Nc1ccc2[nH]cc(CC#N)c2c1. The van der Waals surface area contributed by atoms with E-state index in [4.69, 9.17) is 10.00 Å². The summed E-state index contributed by atoms with van der Waals surface area (Å²) in [6.07, 6.45) is 1.65. The fourth-order valence-corrected chi connectivity index (χ4v) is 1.91. The fourth-order valence-electron chi connectivity index (χ4n) is 1.91. The van der Waals surface area contributed by atoms with Crippen LogP contribution < -0.4 is 5.32 Å². The van der Waals surface area contributed by atoms with Gasteiger partial charge in [-0.3, -0.25) is 5.32 Å². The number of nitrogens with one attached hydrogen (secondary N) is 2. The average Bonchev–Trinajstić information content (AvgIpc) is 2.70. The van der Waals surface area contributed by atoms with Gasteiger partial charge in [-0.05, 0) is 44.5 Å². The van der Waals surface area contributed by atoms with Crippen LogP contribution >= 0.6 is 0 Å². The molecule has 2 aromatic rings. The molecule has 2 N–H and O–H groups in total. The van der Waals surface area contributed by atoms with E-state index in [1.165, 1.54) is 0 Å². The third kappa shape index (κ3) is 3.29. The number of aromatic amines is 1. The Balaban J connectivity index is 2.21. The van der Waals surface area contributed by atoms with Crippen molar-refractivity contribution in [3.63, 3.8) is 0 Å².